The van der Waals surface area contributed by atoms with E-state index in [-0.39, 0.29) is 5.56 Å². The summed E-state index contributed by atoms with van der Waals surface area (Å²) >= 11 is 0. The molecule has 0 amide bonds. The standard InChI is InChI=1S/C11H16N2O5/c1-12-5-4-9(14)11(16)7-2-3-8(13(17)18)10(15)6-7/h2-3,6,9,11-12,14-16H,4-5H2,1H3. The predicted octanol–water partition coefficient (Wildman–Crippen LogP) is 0.304. The van der Waals surface area contributed by atoms with Crippen LogP contribution in [0.1, 0.15) is 18.1 Å². The topological polar surface area (TPSA) is 116 Å². The summed E-state index contributed by atoms with van der Waals surface area (Å²) in [6.45, 7) is 0.525. The lowest BCUT2D eigenvalue weighted by Crippen LogP contribution is -2.23. The first kappa shape index (κ1) is 14.4. The molecule has 0 aliphatic carbocycles. The minimum atomic E-state index is -1.19. The van der Waals surface area contributed by atoms with Gasteiger partial charge in [0.05, 0.1) is 11.0 Å². The normalized spacial score (nSPS) is 14.2. The van der Waals surface area contributed by atoms with E-state index in [0.717, 1.165) is 12.1 Å². The Bertz CT molecular complexity index is 424. The molecule has 0 radical (unpaired) electrons. The molecule has 0 aliphatic rings. The number of hydrogen-bond donors (Lipinski definition) is 4. The van der Waals surface area contributed by atoms with Gasteiger partial charge in [-0.1, -0.05) is 0 Å². The van der Waals surface area contributed by atoms with Crippen molar-refractivity contribution in [1.29, 1.82) is 0 Å². The number of nitro benzene ring substituents is 1. The van der Waals surface area contributed by atoms with Crippen LogP contribution in [0.3, 0.4) is 0 Å². The summed E-state index contributed by atoms with van der Waals surface area (Å²) in [6, 6.07) is 3.50. The van der Waals surface area contributed by atoms with Gasteiger partial charge < -0.3 is 20.6 Å². The van der Waals surface area contributed by atoms with E-state index in [0.29, 0.717) is 13.0 Å². The summed E-state index contributed by atoms with van der Waals surface area (Å²) < 4.78 is 0. The quantitative estimate of drug-likeness (QED) is 0.430. The number of hydrogen-bond acceptors (Lipinski definition) is 6. The van der Waals surface area contributed by atoms with Crippen molar-refractivity contribution >= 4 is 5.69 Å². The molecule has 7 nitrogen and oxygen atoms in total. The van der Waals surface area contributed by atoms with E-state index in [4.69, 9.17) is 0 Å². The molecule has 2 unspecified atom stereocenters. The summed E-state index contributed by atoms with van der Waals surface area (Å²) in [4.78, 5) is 9.78. The number of nitrogens with one attached hydrogen (secondary N) is 1. The zero-order valence-corrected chi connectivity index (χ0v) is 9.91. The highest BCUT2D eigenvalue weighted by molar-refractivity contribution is 5.47. The number of phenolic OH excluding ortho intramolecular Hbond substituents is 1. The van der Waals surface area contributed by atoms with Crippen molar-refractivity contribution in [2.24, 2.45) is 0 Å². The first-order valence-corrected chi connectivity index (χ1v) is 5.45. The van der Waals surface area contributed by atoms with E-state index in [1.54, 1.807) is 7.05 Å². The van der Waals surface area contributed by atoms with Crippen LogP contribution in [0, 0.1) is 10.1 Å². The number of aliphatic hydroxyl groups excluding tert-OH is 2. The third-order valence-electron chi connectivity index (χ3n) is 2.59. The molecule has 2 atom stereocenters. The second-order valence-electron chi connectivity index (χ2n) is 3.91. The van der Waals surface area contributed by atoms with Crippen LogP contribution in [0.5, 0.6) is 5.75 Å². The second kappa shape index (κ2) is 6.29. The Morgan fingerprint density at radius 3 is 2.61 bits per heavy atom. The van der Waals surface area contributed by atoms with Crippen LogP contribution >= 0.6 is 0 Å². The number of benzene rings is 1. The highest BCUT2D eigenvalue weighted by atomic mass is 16.6. The minimum Gasteiger partial charge on any atom is -0.502 e. The van der Waals surface area contributed by atoms with Gasteiger partial charge >= 0.3 is 5.69 Å². The molecule has 0 fully saturated rings. The maximum atomic E-state index is 10.5. The predicted molar refractivity (Wildman–Crippen MR) is 64.3 cm³/mol. The third-order valence-corrected chi connectivity index (χ3v) is 2.59. The lowest BCUT2D eigenvalue weighted by atomic mass is 10.0. The van der Waals surface area contributed by atoms with Crippen molar-refractivity contribution in [3.63, 3.8) is 0 Å². The number of phenols is 1. The molecule has 1 aromatic carbocycles. The van der Waals surface area contributed by atoms with Gasteiger partial charge in [-0.15, -0.1) is 0 Å². The smallest absolute Gasteiger partial charge is 0.310 e. The molecule has 0 heterocycles. The molecular weight excluding hydrogens is 240 g/mol. The molecule has 0 aromatic heterocycles. The SMILES string of the molecule is CNCCC(O)C(O)c1ccc([N+](=O)[O-])c(O)c1. The van der Waals surface area contributed by atoms with Gasteiger partial charge in [-0.2, -0.15) is 0 Å². The molecule has 0 spiro atoms. The van der Waals surface area contributed by atoms with Gasteiger partial charge in [0.2, 0.25) is 0 Å². The molecule has 1 aromatic rings. The van der Waals surface area contributed by atoms with Gasteiger partial charge in [-0.05, 0) is 37.7 Å². The molecule has 1 rings (SSSR count). The van der Waals surface area contributed by atoms with E-state index in [1.165, 1.54) is 6.07 Å². The van der Waals surface area contributed by atoms with Crippen LogP contribution in [0.2, 0.25) is 0 Å². The maximum absolute atomic E-state index is 10.5. The molecule has 4 N–H and O–H groups in total. The number of nitro groups is 1. The summed E-state index contributed by atoms with van der Waals surface area (Å²) in [5.74, 6) is -0.530. The zero-order chi connectivity index (χ0) is 13.7. The lowest BCUT2D eigenvalue weighted by molar-refractivity contribution is -0.385. The fraction of sp³-hybridized carbons (Fsp3) is 0.455. The van der Waals surface area contributed by atoms with Crippen LogP contribution in [0.15, 0.2) is 18.2 Å². The highest BCUT2D eigenvalue weighted by Gasteiger charge is 2.21. The largest absolute Gasteiger partial charge is 0.502 e. The Kier molecular flexibility index (Phi) is 5.02. The molecule has 0 saturated carbocycles. The van der Waals surface area contributed by atoms with Crippen molar-refractivity contribution in [2.75, 3.05) is 13.6 Å². The Morgan fingerprint density at radius 1 is 1.44 bits per heavy atom. The van der Waals surface area contributed by atoms with Gasteiger partial charge in [-0.25, -0.2) is 0 Å². The summed E-state index contributed by atoms with van der Waals surface area (Å²) in [7, 11) is 1.72. The monoisotopic (exact) mass is 256 g/mol. The molecule has 7 heteroatoms. The fourth-order valence-corrected chi connectivity index (χ4v) is 1.55. The average molecular weight is 256 g/mol. The zero-order valence-electron chi connectivity index (χ0n) is 9.91. The van der Waals surface area contributed by atoms with Crippen molar-refractivity contribution in [3.8, 4) is 5.75 Å². The molecular formula is C11H16N2O5. The van der Waals surface area contributed by atoms with Gasteiger partial charge in [0, 0.05) is 6.07 Å². The van der Waals surface area contributed by atoms with Crippen molar-refractivity contribution in [2.45, 2.75) is 18.6 Å². The van der Waals surface area contributed by atoms with Crippen molar-refractivity contribution in [1.82, 2.24) is 5.32 Å². The van der Waals surface area contributed by atoms with Gasteiger partial charge in [0.15, 0.2) is 5.75 Å². The van der Waals surface area contributed by atoms with E-state index < -0.39 is 28.6 Å². The third kappa shape index (κ3) is 3.39. The second-order valence-corrected chi connectivity index (χ2v) is 3.91. The minimum absolute atomic E-state index is 0.238. The lowest BCUT2D eigenvalue weighted by Gasteiger charge is -2.18. The van der Waals surface area contributed by atoms with Crippen molar-refractivity contribution < 1.29 is 20.2 Å². The Morgan fingerprint density at radius 2 is 2.11 bits per heavy atom. The van der Waals surface area contributed by atoms with E-state index >= 15 is 0 Å². The number of aromatic hydroxyl groups is 1. The molecule has 18 heavy (non-hydrogen) atoms. The first-order valence-electron chi connectivity index (χ1n) is 5.45. The maximum Gasteiger partial charge on any atom is 0.310 e. The van der Waals surface area contributed by atoms with E-state index in [2.05, 4.69) is 5.32 Å². The van der Waals surface area contributed by atoms with Crippen LogP contribution < -0.4 is 5.32 Å². The first-order chi connectivity index (χ1) is 8.47. The summed E-state index contributed by atoms with van der Waals surface area (Å²) in [6.07, 6.45) is -1.86. The fourth-order valence-electron chi connectivity index (χ4n) is 1.55. The van der Waals surface area contributed by atoms with Crippen LogP contribution in [-0.2, 0) is 0 Å². The molecule has 0 bridgehead atoms. The number of rotatable bonds is 6. The van der Waals surface area contributed by atoms with Crippen molar-refractivity contribution in [3.05, 3.63) is 33.9 Å². The Balaban J connectivity index is 2.83. The molecule has 0 saturated heterocycles. The van der Waals surface area contributed by atoms with Crippen LogP contribution in [0.25, 0.3) is 0 Å². The molecule has 100 valence electrons. The van der Waals surface area contributed by atoms with E-state index in [1.807, 2.05) is 0 Å². The highest BCUT2D eigenvalue weighted by Crippen LogP contribution is 2.30. The van der Waals surface area contributed by atoms with Gasteiger partial charge in [0.1, 0.15) is 6.10 Å². The number of nitrogens with zero attached hydrogens (tertiary/aromatic N) is 1. The van der Waals surface area contributed by atoms with Crippen LogP contribution in [0.4, 0.5) is 5.69 Å². The summed E-state index contributed by atoms with van der Waals surface area (Å²) in [5.41, 5.74) is -0.197. The average Bonchev–Trinajstić information content (AvgIpc) is 2.34. The number of aliphatic hydroxyl groups is 2. The Hall–Kier alpha value is -1.70. The molecule has 0 aliphatic heterocycles. The van der Waals surface area contributed by atoms with Gasteiger partial charge in [0.25, 0.3) is 0 Å². The van der Waals surface area contributed by atoms with Gasteiger partial charge in [-0.3, -0.25) is 10.1 Å². The van der Waals surface area contributed by atoms with E-state index in [9.17, 15) is 25.4 Å². The Labute approximate surface area is 104 Å². The summed E-state index contributed by atoms with van der Waals surface area (Å²) in [5, 5.41) is 42.2. The van der Waals surface area contributed by atoms with Crippen LogP contribution in [-0.4, -0.2) is 39.9 Å².